The average molecular weight is 331 g/mol. The fraction of sp³-hybridized carbons (Fsp3) is 0. The van der Waals surface area contributed by atoms with Crippen LogP contribution in [0.3, 0.4) is 0 Å². The second kappa shape index (κ2) is 6.84. The molecular formula is C19H17N5O. The number of aromatic nitrogens is 2. The normalized spacial score (nSPS) is 11.3. The van der Waals surface area contributed by atoms with Crippen molar-refractivity contribution < 1.29 is 5.21 Å². The molecule has 0 spiro atoms. The van der Waals surface area contributed by atoms with Crippen molar-refractivity contribution in [1.82, 2.24) is 9.97 Å². The number of nitrogens with zero attached hydrogens (tertiary/aromatic N) is 3. The first-order valence-electron chi connectivity index (χ1n) is 7.54. The molecule has 25 heavy (non-hydrogen) atoms. The Morgan fingerprint density at radius 3 is 1.56 bits per heavy atom. The number of hydrogen-bond acceptors (Lipinski definition) is 5. The van der Waals surface area contributed by atoms with Crippen LogP contribution in [-0.2, 0) is 0 Å². The third-order valence-corrected chi connectivity index (χ3v) is 3.78. The maximum absolute atomic E-state index is 8.67. The van der Waals surface area contributed by atoms with Gasteiger partial charge >= 0.3 is 0 Å². The highest BCUT2D eigenvalue weighted by Gasteiger charge is 2.04. The molecule has 6 heteroatoms. The van der Waals surface area contributed by atoms with Gasteiger partial charge in [0.15, 0.2) is 5.84 Å². The van der Waals surface area contributed by atoms with Crippen LogP contribution in [0.4, 0.5) is 0 Å². The van der Waals surface area contributed by atoms with Gasteiger partial charge in [0, 0.05) is 23.5 Å². The lowest BCUT2D eigenvalue weighted by molar-refractivity contribution is 0.318. The van der Waals surface area contributed by atoms with Gasteiger partial charge in [-0.1, -0.05) is 48.1 Å². The van der Waals surface area contributed by atoms with Crippen LogP contribution in [-0.4, -0.2) is 21.0 Å². The monoisotopic (exact) mass is 331 g/mol. The average Bonchev–Trinajstić information content (AvgIpc) is 2.67. The summed E-state index contributed by atoms with van der Waals surface area (Å²) in [4.78, 5) is 8.48. The fourth-order valence-electron chi connectivity index (χ4n) is 2.38. The van der Waals surface area contributed by atoms with Crippen molar-refractivity contribution in [1.29, 1.82) is 0 Å². The minimum atomic E-state index is -0.0157. The molecular weight excluding hydrogens is 314 g/mol. The van der Waals surface area contributed by atoms with Crippen molar-refractivity contribution >= 4 is 11.5 Å². The molecule has 0 unspecified atom stereocenters. The van der Waals surface area contributed by atoms with Crippen LogP contribution in [0, 0.1) is 0 Å². The van der Waals surface area contributed by atoms with Gasteiger partial charge in [-0.3, -0.25) is 9.97 Å². The number of pyridine rings is 2. The largest absolute Gasteiger partial charge is 0.409 e. The Hall–Kier alpha value is -3.67. The van der Waals surface area contributed by atoms with Crippen LogP contribution in [0.1, 0.15) is 11.4 Å². The molecule has 124 valence electrons. The van der Waals surface area contributed by atoms with Gasteiger partial charge < -0.3 is 16.7 Å². The fourth-order valence-corrected chi connectivity index (χ4v) is 2.38. The topological polar surface area (TPSA) is 110 Å². The third-order valence-electron chi connectivity index (χ3n) is 3.78. The maximum atomic E-state index is 8.67. The highest BCUT2D eigenvalue weighted by Crippen LogP contribution is 2.24. The zero-order chi connectivity index (χ0) is 17.8. The molecule has 3 rings (SSSR count). The van der Waals surface area contributed by atoms with Crippen molar-refractivity contribution in [2.24, 2.45) is 16.6 Å². The summed E-state index contributed by atoms with van der Waals surface area (Å²) in [5, 5.41) is 11.6. The van der Waals surface area contributed by atoms with Crippen molar-refractivity contribution in [3.05, 3.63) is 78.9 Å². The molecule has 0 bridgehead atoms. The predicted octanol–water partition coefficient (Wildman–Crippen LogP) is 2.83. The van der Waals surface area contributed by atoms with Crippen molar-refractivity contribution in [3.63, 3.8) is 0 Å². The number of oxime groups is 1. The SMILES string of the molecule is C=C(N)c1ccc(-c2ccc(-c3ccc(/C(N)=N\O)nc3)cc2)cn1. The lowest BCUT2D eigenvalue weighted by Gasteiger charge is -2.06. The van der Waals surface area contributed by atoms with E-state index >= 15 is 0 Å². The standard InChI is InChI=1S/C19H17N5O/c1-12(20)17-8-6-15(10-22-17)13-2-4-14(5-3-13)16-7-9-18(23-11-16)19(21)24-25/h2-11,25H,1,20H2,(H2,21,24). The number of hydrogen-bond donors (Lipinski definition) is 3. The number of nitrogens with two attached hydrogens (primary N) is 2. The molecule has 6 nitrogen and oxygen atoms in total. The lowest BCUT2D eigenvalue weighted by Crippen LogP contribution is -2.14. The van der Waals surface area contributed by atoms with Gasteiger partial charge in [-0.2, -0.15) is 0 Å². The lowest BCUT2D eigenvalue weighted by atomic mass is 10.0. The van der Waals surface area contributed by atoms with Crippen molar-refractivity contribution in [2.75, 3.05) is 0 Å². The summed E-state index contributed by atoms with van der Waals surface area (Å²) in [6.07, 6.45) is 3.46. The Bertz CT molecular complexity index is 914. The second-order valence-electron chi connectivity index (χ2n) is 5.45. The molecule has 2 aromatic heterocycles. The summed E-state index contributed by atoms with van der Waals surface area (Å²) in [6.45, 7) is 3.68. The Morgan fingerprint density at radius 2 is 1.20 bits per heavy atom. The van der Waals surface area contributed by atoms with Crippen LogP contribution in [0.25, 0.3) is 28.0 Å². The van der Waals surface area contributed by atoms with Crippen molar-refractivity contribution in [2.45, 2.75) is 0 Å². The van der Waals surface area contributed by atoms with Gasteiger partial charge in [-0.15, -0.1) is 0 Å². The Kier molecular flexibility index (Phi) is 4.43. The van der Waals surface area contributed by atoms with Crippen LogP contribution in [0.15, 0.2) is 72.7 Å². The molecule has 0 amide bonds. The van der Waals surface area contributed by atoms with Crippen LogP contribution >= 0.6 is 0 Å². The predicted molar refractivity (Wildman–Crippen MR) is 98.6 cm³/mol. The zero-order valence-corrected chi connectivity index (χ0v) is 13.4. The number of amidine groups is 1. The van der Waals surface area contributed by atoms with Crippen LogP contribution in [0.5, 0.6) is 0 Å². The number of benzene rings is 1. The first kappa shape index (κ1) is 16.2. The van der Waals surface area contributed by atoms with E-state index in [0.717, 1.165) is 22.3 Å². The van der Waals surface area contributed by atoms with E-state index < -0.39 is 0 Å². The second-order valence-corrected chi connectivity index (χ2v) is 5.45. The van der Waals surface area contributed by atoms with Gasteiger partial charge in [0.05, 0.1) is 11.4 Å². The maximum Gasteiger partial charge on any atom is 0.188 e. The Morgan fingerprint density at radius 1 is 0.760 bits per heavy atom. The van der Waals surface area contributed by atoms with Crippen molar-refractivity contribution in [3.8, 4) is 22.3 Å². The summed E-state index contributed by atoms with van der Waals surface area (Å²) >= 11 is 0. The number of rotatable bonds is 4. The van der Waals surface area contributed by atoms with Gasteiger partial charge in [0.2, 0.25) is 0 Å². The minimum Gasteiger partial charge on any atom is -0.409 e. The minimum absolute atomic E-state index is 0.0157. The van der Waals surface area contributed by atoms with E-state index in [1.54, 1.807) is 18.5 Å². The first-order chi connectivity index (χ1) is 12.1. The third kappa shape index (κ3) is 3.48. The molecule has 3 aromatic rings. The summed E-state index contributed by atoms with van der Waals surface area (Å²) in [5.74, 6) is -0.0157. The van der Waals surface area contributed by atoms with Gasteiger partial charge in [0.25, 0.3) is 0 Å². The smallest absolute Gasteiger partial charge is 0.188 e. The summed E-state index contributed by atoms with van der Waals surface area (Å²) in [6, 6.07) is 15.4. The molecule has 0 aliphatic heterocycles. The molecule has 0 radical (unpaired) electrons. The van der Waals surface area contributed by atoms with Gasteiger partial charge in [0.1, 0.15) is 5.69 Å². The van der Waals surface area contributed by atoms with E-state index in [0.29, 0.717) is 17.1 Å². The molecule has 0 atom stereocenters. The van der Waals surface area contributed by atoms with E-state index in [1.807, 2.05) is 42.5 Å². The quantitative estimate of drug-likeness (QED) is 0.295. The Labute approximate surface area is 145 Å². The summed E-state index contributed by atoms with van der Waals surface area (Å²) in [5.41, 5.74) is 16.7. The molecule has 0 aliphatic rings. The van der Waals surface area contributed by atoms with Gasteiger partial charge in [-0.25, -0.2) is 0 Å². The molecule has 0 fully saturated rings. The van der Waals surface area contributed by atoms with Crippen LogP contribution in [0.2, 0.25) is 0 Å². The Balaban J connectivity index is 1.83. The molecule has 1 aromatic carbocycles. The summed E-state index contributed by atoms with van der Waals surface area (Å²) in [7, 11) is 0. The van der Waals surface area contributed by atoms with Crippen LogP contribution < -0.4 is 11.5 Å². The van der Waals surface area contributed by atoms with E-state index in [1.165, 1.54) is 0 Å². The molecule has 0 saturated heterocycles. The molecule has 2 heterocycles. The van der Waals surface area contributed by atoms with E-state index in [9.17, 15) is 0 Å². The zero-order valence-electron chi connectivity index (χ0n) is 13.4. The van der Waals surface area contributed by atoms with E-state index in [-0.39, 0.29) is 5.84 Å². The first-order valence-corrected chi connectivity index (χ1v) is 7.54. The highest BCUT2D eigenvalue weighted by atomic mass is 16.4. The molecule has 0 saturated carbocycles. The van der Waals surface area contributed by atoms with Gasteiger partial charge in [-0.05, 0) is 23.3 Å². The highest BCUT2D eigenvalue weighted by molar-refractivity contribution is 5.95. The summed E-state index contributed by atoms with van der Waals surface area (Å²) < 4.78 is 0. The molecule has 5 N–H and O–H groups in total. The van der Waals surface area contributed by atoms with E-state index in [2.05, 4.69) is 21.7 Å². The van der Waals surface area contributed by atoms with E-state index in [4.69, 9.17) is 16.7 Å². The molecule has 0 aliphatic carbocycles.